The summed E-state index contributed by atoms with van der Waals surface area (Å²) < 4.78 is 114. The zero-order valence-electron chi connectivity index (χ0n) is 20.5. The molecule has 0 aliphatic heterocycles. The first-order valence-electron chi connectivity index (χ1n) is 10.9. The van der Waals surface area contributed by atoms with Crippen LogP contribution in [0.3, 0.4) is 0 Å². The Morgan fingerprint density at radius 2 is 1.61 bits per heavy atom. The largest absolute Gasteiger partial charge is 0.399 e. The number of rotatable bonds is 9. The minimum Gasteiger partial charge on any atom is -0.369 e. The minimum absolute atomic E-state index is 0.0450. The van der Waals surface area contributed by atoms with E-state index in [1.807, 2.05) is 0 Å². The molecule has 2 aromatic rings. The smallest absolute Gasteiger partial charge is 0.369 e. The molecule has 198 valence electrons. The number of alkyl halides is 6. The van der Waals surface area contributed by atoms with Crippen LogP contribution >= 0.6 is 0 Å². The number of hydrogen-bond acceptors (Lipinski definition) is 2. The van der Waals surface area contributed by atoms with E-state index in [-0.39, 0.29) is 29.6 Å². The Balaban J connectivity index is 2.46. The van der Waals surface area contributed by atoms with Crippen LogP contribution in [-0.4, -0.2) is 30.3 Å². The summed E-state index contributed by atoms with van der Waals surface area (Å²) in [5.74, 6) is -4.84. The molecule has 0 aromatic heterocycles. The number of hydrogen-bond donors (Lipinski definition) is 1. The molecular formula is C26H28F8N2. The van der Waals surface area contributed by atoms with Gasteiger partial charge in [-0.05, 0) is 62.6 Å². The fourth-order valence-corrected chi connectivity index (χ4v) is 3.36. The van der Waals surface area contributed by atoms with Crippen molar-refractivity contribution in [1.29, 1.82) is 0 Å². The molecule has 2 rings (SSSR count). The van der Waals surface area contributed by atoms with Crippen LogP contribution in [0.25, 0.3) is 5.83 Å². The van der Waals surface area contributed by atoms with Crippen molar-refractivity contribution in [3.8, 4) is 0 Å². The van der Waals surface area contributed by atoms with Crippen molar-refractivity contribution in [1.82, 2.24) is 10.2 Å². The molecule has 1 atom stereocenters. The minimum atomic E-state index is -4.92. The Morgan fingerprint density at radius 1 is 1.00 bits per heavy atom. The van der Waals surface area contributed by atoms with Crippen molar-refractivity contribution >= 4 is 5.83 Å². The normalized spacial score (nSPS) is 14.0. The van der Waals surface area contributed by atoms with Crippen LogP contribution < -0.4 is 5.32 Å². The first-order valence-corrected chi connectivity index (χ1v) is 10.9. The second kappa shape index (κ2) is 10.5. The summed E-state index contributed by atoms with van der Waals surface area (Å²) in [4.78, 5) is 0.437. The number of halogens is 8. The van der Waals surface area contributed by atoms with E-state index in [1.54, 1.807) is 0 Å². The fourth-order valence-electron chi connectivity index (χ4n) is 3.36. The number of nitrogens with zero attached hydrogens (tertiary/aromatic N) is 1. The van der Waals surface area contributed by atoms with Crippen LogP contribution in [0.4, 0.5) is 35.1 Å². The van der Waals surface area contributed by atoms with E-state index in [2.05, 4.69) is 11.9 Å². The van der Waals surface area contributed by atoms with Crippen molar-refractivity contribution in [3.63, 3.8) is 0 Å². The van der Waals surface area contributed by atoms with Crippen LogP contribution in [0, 0.1) is 19.7 Å². The van der Waals surface area contributed by atoms with Gasteiger partial charge in [-0.1, -0.05) is 30.8 Å². The van der Waals surface area contributed by atoms with Gasteiger partial charge in [-0.15, -0.1) is 0 Å². The van der Waals surface area contributed by atoms with E-state index in [0.29, 0.717) is 4.90 Å². The molecule has 0 amide bonds. The molecule has 0 spiro atoms. The standard InChI is InChI=1S/C26H28F8N2/c1-15-7-8-19(12-20(15)26(33,34)36(6)17(3)35-14-24(4,5)29)23(28)13-21(25(30,31)32)18-9-10-22(27)16(2)11-18/h7-13,21,35H,3,14H2,1-2,4-6H3/b23-13-. The summed E-state index contributed by atoms with van der Waals surface area (Å²) in [6.45, 7) is 8.28. The molecule has 10 heteroatoms. The summed E-state index contributed by atoms with van der Waals surface area (Å²) in [5, 5.41) is 2.46. The van der Waals surface area contributed by atoms with E-state index in [4.69, 9.17) is 0 Å². The highest BCUT2D eigenvalue weighted by Crippen LogP contribution is 2.40. The number of nitrogens with one attached hydrogen (secondary N) is 1. The van der Waals surface area contributed by atoms with E-state index in [1.165, 1.54) is 27.7 Å². The van der Waals surface area contributed by atoms with Crippen LogP contribution in [0.2, 0.25) is 0 Å². The third-order valence-electron chi connectivity index (χ3n) is 5.58. The van der Waals surface area contributed by atoms with Gasteiger partial charge in [0, 0.05) is 24.7 Å². The quantitative estimate of drug-likeness (QED) is 0.267. The molecule has 0 saturated heterocycles. The van der Waals surface area contributed by atoms with Gasteiger partial charge < -0.3 is 5.32 Å². The molecular weight excluding hydrogens is 492 g/mol. The third-order valence-corrected chi connectivity index (χ3v) is 5.58. The lowest BCUT2D eigenvalue weighted by Crippen LogP contribution is -2.43. The lowest BCUT2D eigenvalue weighted by atomic mass is 9.94. The Morgan fingerprint density at radius 3 is 2.14 bits per heavy atom. The highest BCUT2D eigenvalue weighted by atomic mass is 19.4. The first-order chi connectivity index (χ1) is 16.3. The van der Waals surface area contributed by atoms with Gasteiger partial charge in [0.25, 0.3) is 0 Å². The van der Waals surface area contributed by atoms with E-state index < -0.39 is 52.1 Å². The molecule has 0 aliphatic carbocycles. The Kier molecular flexibility index (Phi) is 8.53. The van der Waals surface area contributed by atoms with Crippen molar-refractivity contribution in [3.05, 3.63) is 88.5 Å². The van der Waals surface area contributed by atoms with Gasteiger partial charge in [0.15, 0.2) is 0 Å². The van der Waals surface area contributed by atoms with Gasteiger partial charge in [0.1, 0.15) is 23.2 Å². The zero-order chi connectivity index (χ0) is 27.6. The molecule has 0 bridgehead atoms. The Labute approximate surface area is 205 Å². The average Bonchev–Trinajstić information content (AvgIpc) is 2.76. The molecule has 0 aliphatic rings. The lowest BCUT2D eigenvalue weighted by molar-refractivity contribution is -0.139. The molecule has 1 unspecified atom stereocenters. The molecule has 2 aromatic carbocycles. The van der Waals surface area contributed by atoms with Crippen molar-refractivity contribution in [2.45, 2.75) is 51.5 Å². The van der Waals surface area contributed by atoms with Crippen molar-refractivity contribution < 1.29 is 35.1 Å². The topological polar surface area (TPSA) is 15.3 Å². The first kappa shape index (κ1) is 29.2. The van der Waals surface area contributed by atoms with Gasteiger partial charge in [0.2, 0.25) is 0 Å². The molecule has 2 nitrogen and oxygen atoms in total. The lowest BCUT2D eigenvalue weighted by Gasteiger charge is -2.33. The maximum Gasteiger partial charge on any atom is 0.399 e. The number of aryl methyl sites for hydroxylation is 2. The summed E-state index contributed by atoms with van der Waals surface area (Å²) in [6.07, 6.45) is -4.65. The summed E-state index contributed by atoms with van der Waals surface area (Å²) in [5.41, 5.74) is -3.28. The third kappa shape index (κ3) is 7.01. The SMILES string of the molecule is C=C(NCC(C)(C)F)N(C)C(F)(F)c1cc(/C(F)=C/C(c2ccc(F)c(C)c2)C(F)(F)F)ccc1C. The number of benzene rings is 2. The Bertz CT molecular complexity index is 1130. The molecule has 36 heavy (non-hydrogen) atoms. The van der Waals surface area contributed by atoms with Gasteiger partial charge >= 0.3 is 12.2 Å². The van der Waals surface area contributed by atoms with Gasteiger partial charge in [-0.3, -0.25) is 4.90 Å². The summed E-state index contributed by atoms with van der Waals surface area (Å²) in [6, 6.07) is 1.94. The summed E-state index contributed by atoms with van der Waals surface area (Å²) in [7, 11) is 0.995. The van der Waals surface area contributed by atoms with Crippen LogP contribution in [0.5, 0.6) is 0 Å². The van der Waals surface area contributed by atoms with Crippen LogP contribution in [-0.2, 0) is 6.05 Å². The summed E-state index contributed by atoms with van der Waals surface area (Å²) >= 11 is 0. The van der Waals surface area contributed by atoms with Crippen LogP contribution in [0.15, 0.2) is 54.9 Å². The fraction of sp³-hybridized carbons (Fsp3) is 0.385. The van der Waals surface area contributed by atoms with Gasteiger partial charge in [0.05, 0.1) is 5.82 Å². The maximum atomic E-state index is 15.3. The second-order valence-electron chi connectivity index (χ2n) is 9.19. The van der Waals surface area contributed by atoms with Gasteiger partial charge in [-0.2, -0.15) is 22.0 Å². The predicted octanol–water partition coefficient (Wildman–Crippen LogP) is 7.89. The molecule has 0 fully saturated rings. The average molecular weight is 521 g/mol. The predicted molar refractivity (Wildman–Crippen MR) is 124 cm³/mol. The second-order valence-corrected chi connectivity index (χ2v) is 9.19. The monoisotopic (exact) mass is 520 g/mol. The molecule has 0 radical (unpaired) electrons. The van der Waals surface area contributed by atoms with E-state index in [9.17, 15) is 22.0 Å². The highest BCUT2D eigenvalue weighted by Gasteiger charge is 2.41. The van der Waals surface area contributed by atoms with E-state index in [0.717, 1.165) is 43.4 Å². The molecule has 0 heterocycles. The van der Waals surface area contributed by atoms with Crippen molar-refractivity contribution in [2.24, 2.45) is 0 Å². The van der Waals surface area contributed by atoms with E-state index >= 15 is 13.2 Å². The van der Waals surface area contributed by atoms with Gasteiger partial charge in [-0.25, -0.2) is 13.2 Å². The van der Waals surface area contributed by atoms with Crippen LogP contribution in [0.1, 0.15) is 47.6 Å². The van der Waals surface area contributed by atoms with Crippen molar-refractivity contribution in [2.75, 3.05) is 13.6 Å². The Hall–Kier alpha value is -3.04. The highest BCUT2D eigenvalue weighted by molar-refractivity contribution is 5.62. The number of allylic oxidation sites excluding steroid dienone is 1. The maximum absolute atomic E-state index is 15.3. The molecule has 1 N–H and O–H groups in total. The zero-order valence-corrected chi connectivity index (χ0v) is 20.5. The molecule has 0 saturated carbocycles.